The van der Waals surface area contributed by atoms with Gasteiger partial charge in [0.1, 0.15) is 24.2 Å². The molecule has 0 radical (unpaired) electrons. The molecular weight excluding hydrogens is 522 g/mol. The summed E-state index contributed by atoms with van der Waals surface area (Å²) >= 11 is 0. The Morgan fingerprint density at radius 3 is 1.13 bits per heavy atom. The van der Waals surface area contributed by atoms with Crippen LogP contribution in [0.3, 0.4) is 0 Å². The van der Waals surface area contributed by atoms with Crippen LogP contribution in [-0.4, -0.2) is 104 Å². The maximum atomic E-state index is 10.2. The third kappa shape index (κ3) is 37.1. The van der Waals surface area contributed by atoms with E-state index < -0.39 is 48.0 Å². The van der Waals surface area contributed by atoms with E-state index in [0.29, 0.717) is 57.4 Å². The summed E-state index contributed by atoms with van der Waals surface area (Å²) in [6.07, 6.45) is 3.09. The van der Waals surface area contributed by atoms with E-state index >= 15 is 0 Å². The molecular formula is C22H49N7O10. The van der Waals surface area contributed by atoms with Crippen LogP contribution in [0.4, 0.5) is 0 Å². The highest BCUT2D eigenvalue weighted by molar-refractivity contribution is 5.75. The van der Waals surface area contributed by atoms with Crippen LogP contribution in [0.25, 0.3) is 0 Å². The number of carbonyl (C=O) groups is 4. The smallest absolute Gasteiger partial charge is 0.320 e. The van der Waals surface area contributed by atoms with Crippen molar-refractivity contribution in [3.8, 4) is 0 Å². The first-order chi connectivity index (χ1) is 17.9. The Hall–Kier alpha value is -3.09. The number of nitrogens with zero attached hydrogens (tertiary/aromatic N) is 1. The molecule has 0 aliphatic heterocycles. The molecule has 0 saturated heterocycles. The highest BCUT2D eigenvalue weighted by Gasteiger charge is 2.12. The van der Waals surface area contributed by atoms with Gasteiger partial charge in [-0.2, -0.15) is 0 Å². The van der Waals surface area contributed by atoms with Gasteiger partial charge < -0.3 is 65.0 Å². The zero-order valence-electron chi connectivity index (χ0n) is 22.7. The van der Waals surface area contributed by atoms with Crippen LogP contribution in [0.2, 0.25) is 0 Å². The number of aliphatic carboxylic acids is 4. The molecule has 4 atom stereocenters. The van der Waals surface area contributed by atoms with Crippen LogP contribution in [0.15, 0.2) is 4.99 Å². The number of hydrogen-bond acceptors (Lipinski definition) is 11. The summed E-state index contributed by atoms with van der Waals surface area (Å²) in [5.74, 6) is -3.56. The summed E-state index contributed by atoms with van der Waals surface area (Å²) in [6, 6.07) is -3.15. The molecule has 0 aliphatic rings. The number of carboxylic acid groups (broad SMARTS) is 4. The van der Waals surface area contributed by atoms with Gasteiger partial charge in [-0.1, -0.05) is 13.8 Å². The number of aliphatic imine (C=N–C) groups is 1. The molecule has 0 rings (SSSR count). The minimum atomic E-state index is -1.01. The fourth-order valence-electron chi connectivity index (χ4n) is 2.12. The number of carboxylic acids is 4. The number of aliphatic hydroxyl groups is 2. The molecule has 0 heterocycles. The molecule has 0 saturated carbocycles. The Morgan fingerprint density at radius 1 is 0.615 bits per heavy atom. The molecule has 0 unspecified atom stereocenters. The van der Waals surface area contributed by atoms with Gasteiger partial charge in [0.25, 0.3) is 0 Å². The monoisotopic (exact) mass is 571 g/mol. The Morgan fingerprint density at radius 2 is 0.923 bits per heavy atom. The van der Waals surface area contributed by atoms with Gasteiger partial charge in [-0.05, 0) is 50.9 Å². The van der Waals surface area contributed by atoms with Gasteiger partial charge >= 0.3 is 23.9 Å². The standard InChI is InChI=1S/C6H14N4O2.C6H13NO2.2C5H11NO3/c7-4(5(11)12)2-1-3-10-6(8)9;1-4(2)3-5(7)6(8)9;2*6-4(5(8)9)2-1-3-7/h4H,1-3,7H2,(H,11,12)(H4,8,9,10);4-5H,3,7H2,1-2H3,(H,8,9);2*4,7H,1-3,6H2,(H,8,9)/t4-;5-;2*4-/m0010/s1. The Kier molecular flexibility index (Phi) is 30.8. The van der Waals surface area contributed by atoms with Gasteiger partial charge in [0.15, 0.2) is 5.96 Å². The predicted octanol–water partition coefficient (Wildman–Crippen LogP) is -2.76. The van der Waals surface area contributed by atoms with Crippen molar-refractivity contribution in [2.24, 2.45) is 45.3 Å². The van der Waals surface area contributed by atoms with E-state index in [1.165, 1.54) is 0 Å². The summed E-state index contributed by atoms with van der Waals surface area (Å²) in [4.78, 5) is 44.0. The highest BCUT2D eigenvalue weighted by atomic mass is 16.4. The zero-order chi connectivity index (χ0) is 31.6. The lowest BCUT2D eigenvalue weighted by atomic mass is 10.1. The zero-order valence-corrected chi connectivity index (χ0v) is 22.7. The fourth-order valence-corrected chi connectivity index (χ4v) is 2.12. The van der Waals surface area contributed by atoms with Gasteiger partial charge in [-0.15, -0.1) is 0 Å². The van der Waals surface area contributed by atoms with Gasteiger partial charge in [0.2, 0.25) is 0 Å². The molecule has 39 heavy (non-hydrogen) atoms. The maximum absolute atomic E-state index is 10.2. The largest absolute Gasteiger partial charge is 0.480 e. The average molecular weight is 572 g/mol. The first kappa shape index (κ1) is 43.0. The number of guanidine groups is 1. The molecule has 0 aromatic heterocycles. The second-order valence-corrected chi connectivity index (χ2v) is 8.59. The Bertz CT molecular complexity index is 668. The van der Waals surface area contributed by atoms with E-state index in [2.05, 4.69) is 4.99 Å². The molecule has 0 amide bonds. The molecule has 18 N–H and O–H groups in total. The van der Waals surface area contributed by atoms with Crippen molar-refractivity contribution in [1.29, 1.82) is 0 Å². The van der Waals surface area contributed by atoms with Crippen molar-refractivity contribution in [2.45, 2.75) is 83.0 Å². The van der Waals surface area contributed by atoms with Crippen LogP contribution in [-0.2, 0) is 19.2 Å². The number of aliphatic hydroxyl groups excluding tert-OH is 2. The van der Waals surface area contributed by atoms with E-state index in [1.807, 2.05) is 13.8 Å². The summed E-state index contributed by atoms with van der Waals surface area (Å²) in [5, 5.41) is 49.6. The van der Waals surface area contributed by atoms with E-state index in [4.69, 9.17) is 65.0 Å². The third-order valence-corrected chi connectivity index (χ3v) is 4.31. The topological polar surface area (TPSA) is 358 Å². The molecule has 17 nitrogen and oxygen atoms in total. The molecule has 232 valence electrons. The summed E-state index contributed by atoms with van der Waals surface area (Å²) in [7, 11) is 0. The molecule has 0 aliphatic carbocycles. The third-order valence-electron chi connectivity index (χ3n) is 4.31. The van der Waals surface area contributed by atoms with Gasteiger partial charge in [0.05, 0.1) is 0 Å². The minimum Gasteiger partial charge on any atom is -0.480 e. The molecule has 0 aromatic rings. The number of rotatable bonds is 16. The predicted molar refractivity (Wildman–Crippen MR) is 144 cm³/mol. The fraction of sp³-hybridized carbons (Fsp3) is 0.773. The van der Waals surface area contributed by atoms with E-state index in [9.17, 15) is 19.2 Å². The lowest BCUT2D eigenvalue weighted by Gasteiger charge is -2.07. The number of nitrogens with two attached hydrogens (primary N) is 6. The van der Waals surface area contributed by atoms with Crippen molar-refractivity contribution in [2.75, 3.05) is 19.8 Å². The highest BCUT2D eigenvalue weighted by Crippen LogP contribution is 2.01. The van der Waals surface area contributed by atoms with E-state index in [1.54, 1.807) is 0 Å². The van der Waals surface area contributed by atoms with Crippen LogP contribution < -0.4 is 34.4 Å². The van der Waals surface area contributed by atoms with Crippen LogP contribution >= 0.6 is 0 Å². The Labute approximate surface area is 228 Å². The van der Waals surface area contributed by atoms with Crippen molar-refractivity contribution in [1.82, 2.24) is 0 Å². The number of hydrogen-bond donors (Lipinski definition) is 12. The molecule has 17 heteroatoms. The lowest BCUT2D eigenvalue weighted by Crippen LogP contribution is -2.31. The quantitative estimate of drug-likeness (QED) is 0.0506. The molecule has 0 fully saturated rings. The van der Waals surface area contributed by atoms with Crippen molar-refractivity contribution >= 4 is 29.8 Å². The van der Waals surface area contributed by atoms with Crippen LogP contribution in [0.5, 0.6) is 0 Å². The molecule has 0 spiro atoms. The first-order valence-corrected chi connectivity index (χ1v) is 12.1. The SMILES string of the molecule is CC(C)C[C@H](N)C(=O)O.NC(N)=NCCC[C@H](N)C(=O)O.N[C@@H](CCCO)C(=O)O.N[C@H](CCCO)C(=O)O. The average Bonchev–Trinajstić information content (AvgIpc) is 2.83. The van der Waals surface area contributed by atoms with Gasteiger partial charge in [-0.25, -0.2) is 0 Å². The first-order valence-electron chi connectivity index (χ1n) is 12.1. The van der Waals surface area contributed by atoms with Crippen molar-refractivity contribution in [3.05, 3.63) is 0 Å². The lowest BCUT2D eigenvalue weighted by molar-refractivity contribution is -0.139. The second kappa shape index (κ2) is 27.9. The van der Waals surface area contributed by atoms with Gasteiger partial charge in [-0.3, -0.25) is 24.2 Å². The van der Waals surface area contributed by atoms with Crippen molar-refractivity contribution < 1.29 is 49.8 Å². The Balaban J connectivity index is -0.000000211. The summed E-state index contributed by atoms with van der Waals surface area (Å²) < 4.78 is 0. The maximum Gasteiger partial charge on any atom is 0.320 e. The summed E-state index contributed by atoms with van der Waals surface area (Å²) in [6.45, 7) is 4.32. The van der Waals surface area contributed by atoms with Crippen LogP contribution in [0, 0.1) is 5.92 Å². The van der Waals surface area contributed by atoms with Crippen molar-refractivity contribution in [3.63, 3.8) is 0 Å². The normalized spacial score (nSPS) is 12.9. The second-order valence-electron chi connectivity index (χ2n) is 8.59. The molecule has 0 aromatic carbocycles. The molecule has 0 bridgehead atoms. The van der Waals surface area contributed by atoms with E-state index in [-0.39, 0.29) is 19.2 Å². The minimum absolute atomic E-state index is 0.000972. The van der Waals surface area contributed by atoms with E-state index in [0.717, 1.165) is 0 Å². The summed E-state index contributed by atoms with van der Waals surface area (Å²) in [5.41, 5.74) is 30.7. The van der Waals surface area contributed by atoms with Crippen LogP contribution in [0.1, 0.15) is 58.8 Å². The van der Waals surface area contributed by atoms with Gasteiger partial charge in [0, 0.05) is 19.8 Å².